The lowest BCUT2D eigenvalue weighted by molar-refractivity contribution is 0.0744. The highest BCUT2D eigenvalue weighted by molar-refractivity contribution is 9.10. The third kappa shape index (κ3) is 5.76. The molecule has 5 nitrogen and oxygen atoms in total. The highest BCUT2D eigenvalue weighted by atomic mass is 79.9. The Morgan fingerprint density at radius 1 is 0.897 bits per heavy atom. The van der Waals surface area contributed by atoms with E-state index >= 15 is 0 Å². The summed E-state index contributed by atoms with van der Waals surface area (Å²) < 4.78 is 24.0. The quantitative estimate of drug-likeness (QED) is 0.564. The Hall–Kier alpha value is -2.48. The Labute approximate surface area is 179 Å². The van der Waals surface area contributed by atoms with E-state index in [1.54, 1.807) is 4.90 Å². The molecule has 3 aromatic carbocycles. The molecule has 0 spiro atoms. The maximum Gasteiger partial charge on any atom is 0.255 e. The van der Waals surface area contributed by atoms with Gasteiger partial charge in [0.05, 0.1) is 10.5 Å². The van der Waals surface area contributed by atoms with Crippen molar-refractivity contribution in [1.82, 2.24) is 4.90 Å². The summed E-state index contributed by atoms with van der Waals surface area (Å²) in [6.45, 7) is 0.905. The number of halogens is 1. The lowest BCUT2D eigenvalue weighted by Crippen LogP contribution is -2.33. The van der Waals surface area contributed by atoms with Gasteiger partial charge in [-0.3, -0.25) is 4.79 Å². The van der Waals surface area contributed by atoms with Crippen LogP contribution in [-0.4, -0.2) is 25.8 Å². The molecule has 1 amide bonds. The van der Waals surface area contributed by atoms with E-state index in [-0.39, 0.29) is 16.4 Å². The molecular formula is C22H21BrN2O3S. The predicted octanol–water partition coefficient (Wildman–Crippen LogP) is 3.98. The summed E-state index contributed by atoms with van der Waals surface area (Å²) in [7, 11) is -3.91. The van der Waals surface area contributed by atoms with Crippen molar-refractivity contribution in [3.63, 3.8) is 0 Å². The number of nitrogens with two attached hydrogens (primary N) is 1. The summed E-state index contributed by atoms with van der Waals surface area (Å²) in [5.74, 6) is -0.262. The molecule has 7 heteroatoms. The Bertz CT molecular complexity index is 1090. The van der Waals surface area contributed by atoms with E-state index in [0.29, 0.717) is 24.0 Å². The number of rotatable bonds is 7. The van der Waals surface area contributed by atoms with Gasteiger partial charge < -0.3 is 4.90 Å². The van der Waals surface area contributed by atoms with Crippen molar-refractivity contribution in [2.24, 2.45) is 5.14 Å². The van der Waals surface area contributed by atoms with Crippen LogP contribution >= 0.6 is 15.9 Å². The second kappa shape index (κ2) is 9.35. The zero-order chi connectivity index (χ0) is 20.9. The van der Waals surface area contributed by atoms with Gasteiger partial charge in [-0.15, -0.1) is 0 Å². The highest BCUT2D eigenvalue weighted by Gasteiger charge is 2.21. The van der Waals surface area contributed by atoms with E-state index in [9.17, 15) is 13.2 Å². The molecule has 0 bridgehead atoms. The molecule has 0 aliphatic heterocycles. The fourth-order valence-electron chi connectivity index (χ4n) is 2.98. The van der Waals surface area contributed by atoms with E-state index in [1.807, 2.05) is 60.7 Å². The van der Waals surface area contributed by atoms with Gasteiger partial charge in [-0.05, 0) is 51.7 Å². The molecule has 0 aliphatic rings. The van der Waals surface area contributed by atoms with Crippen molar-refractivity contribution in [3.05, 3.63) is 100 Å². The highest BCUT2D eigenvalue weighted by Crippen LogP contribution is 2.23. The normalized spacial score (nSPS) is 11.2. The topological polar surface area (TPSA) is 80.5 Å². The number of hydrogen-bond donors (Lipinski definition) is 1. The fourth-order valence-corrected chi connectivity index (χ4v) is 3.94. The second-order valence-corrected chi connectivity index (χ2v) is 9.05. The lowest BCUT2D eigenvalue weighted by Gasteiger charge is -2.24. The molecule has 0 aromatic heterocycles. The van der Waals surface area contributed by atoms with E-state index in [2.05, 4.69) is 15.9 Å². The van der Waals surface area contributed by atoms with Crippen LogP contribution in [0.1, 0.15) is 21.5 Å². The first-order valence-corrected chi connectivity index (χ1v) is 11.4. The Morgan fingerprint density at radius 3 is 2.07 bits per heavy atom. The molecule has 0 atom stereocenters. The fraction of sp³-hybridized carbons (Fsp3) is 0.136. The van der Waals surface area contributed by atoms with Crippen LogP contribution in [0.2, 0.25) is 0 Å². The number of primary sulfonamides is 1. The van der Waals surface area contributed by atoms with Crippen LogP contribution in [0.3, 0.4) is 0 Å². The van der Waals surface area contributed by atoms with E-state index in [0.717, 1.165) is 11.1 Å². The maximum atomic E-state index is 13.3. The maximum absolute atomic E-state index is 13.3. The van der Waals surface area contributed by atoms with Crippen LogP contribution in [0.5, 0.6) is 0 Å². The number of carbonyl (C=O) groups is 1. The summed E-state index contributed by atoms with van der Waals surface area (Å²) in [5, 5.41) is 5.24. The smallest absolute Gasteiger partial charge is 0.255 e. The molecule has 0 radical (unpaired) electrons. The van der Waals surface area contributed by atoms with Gasteiger partial charge in [0, 0.05) is 17.6 Å². The lowest BCUT2D eigenvalue weighted by atomic mass is 10.1. The Balaban J connectivity index is 1.91. The monoisotopic (exact) mass is 472 g/mol. The zero-order valence-electron chi connectivity index (χ0n) is 15.7. The van der Waals surface area contributed by atoms with Gasteiger partial charge in [0.15, 0.2) is 0 Å². The predicted molar refractivity (Wildman–Crippen MR) is 117 cm³/mol. The molecule has 0 heterocycles. The molecule has 3 aromatic rings. The average Bonchev–Trinajstić information content (AvgIpc) is 2.71. The Morgan fingerprint density at radius 2 is 1.48 bits per heavy atom. The van der Waals surface area contributed by atoms with E-state index < -0.39 is 10.0 Å². The third-order valence-electron chi connectivity index (χ3n) is 4.51. The molecule has 0 unspecified atom stereocenters. The average molecular weight is 473 g/mol. The van der Waals surface area contributed by atoms with Crippen molar-refractivity contribution >= 4 is 31.9 Å². The van der Waals surface area contributed by atoms with Gasteiger partial charge in [0.1, 0.15) is 0 Å². The molecule has 0 saturated carbocycles. The Kier molecular flexibility index (Phi) is 6.84. The first-order valence-electron chi connectivity index (χ1n) is 9.04. The molecule has 0 aliphatic carbocycles. The number of nitrogens with zero attached hydrogens (tertiary/aromatic N) is 1. The van der Waals surface area contributed by atoms with Crippen LogP contribution in [0.15, 0.2) is 88.2 Å². The van der Waals surface area contributed by atoms with Crippen LogP contribution in [-0.2, 0) is 23.0 Å². The molecule has 29 heavy (non-hydrogen) atoms. The van der Waals surface area contributed by atoms with Gasteiger partial charge in [-0.1, -0.05) is 60.7 Å². The number of amides is 1. The van der Waals surface area contributed by atoms with Crippen LogP contribution in [0.25, 0.3) is 0 Å². The zero-order valence-corrected chi connectivity index (χ0v) is 18.1. The third-order valence-corrected chi connectivity index (χ3v) is 6.12. The van der Waals surface area contributed by atoms with Gasteiger partial charge in [0.25, 0.3) is 5.91 Å². The number of sulfonamides is 1. The molecular weight excluding hydrogens is 452 g/mol. The summed E-state index contributed by atoms with van der Waals surface area (Å²) in [6, 6.07) is 23.8. The van der Waals surface area contributed by atoms with Crippen LogP contribution < -0.4 is 5.14 Å². The van der Waals surface area contributed by atoms with Crippen molar-refractivity contribution in [3.8, 4) is 0 Å². The van der Waals surface area contributed by atoms with E-state index in [4.69, 9.17) is 5.14 Å². The van der Waals surface area contributed by atoms with E-state index in [1.165, 1.54) is 18.2 Å². The summed E-state index contributed by atoms with van der Waals surface area (Å²) in [6.07, 6.45) is 0.686. The van der Waals surface area contributed by atoms with Crippen molar-refractivity contribution in [2.75, 3.05) is 6.54 Å². The van der Waals surface area contributed by atoms with Crippen LogP contribution in [0.4, 0.5) is 0 Å². The minimum atomic E-state index is -3.91. The standard InChI is InChI=1S/C22H21BrN2O3S/c23-21-12-11-19(29(24,27)28)15-20(21)22(26)25(16-18-9-5-2-6-10-18)14-13-17-7-3-1-4-8-17/h1-12,15H,13-14,16H2,(H2,24,27,28). The largest absolute Gasteiger partial charge is 0.334 e. The molecule has 0 saturated heterocycles. The summed E-state index contributed by atoms with van der Waals surface area (Å²) in [5.41, 5.74) is 2.38. The summed E-state index contributed by atoms with van der Waals surface area (Å²) >= 11 is 3.36. The minimum absolute atomic E-state index is 0.0910. The molecule has 150 valence electrons. The van der Waals surface area contributed by atoms with Gasteiger partial charge in [-0.25, -0.2) is 13.6 Å². The molecule has 2 N–H and O–H groups in total. The first kappa shape index (κ1) is 21.2. The van der Waals surface area contributed by atoms with Gasteiger partial charge >= 0.3 is 0 Å². The second-order valence-electron chi connectivity index (χ2n) is 6.63. The molecule has 0 fully saturated rings. The first-order chi connectivity index (χ1) is 13.8. The van der Waals surface area contributed by atoms with Gasteiger partial charge in [0.2, 0.25) is 10.0 Å². The van der Waals surface area contributed by atoms with Crippen molar-refractivity contribution in [1.29, 1.82) is 0 Å². The van der Waals surface area contributed by atoms with Gasteiger partial charge in [-0.2, -0.15) is 0 Å². The number of benzene rings is 3. The SMILES string of the molecule is NS(=O)(=O)c1ccc(Br)c(C(=O)N(CCc2ccccc2)Cc2ccccc2)c1. The summed E-state index contributed by atoms with van der Waals surface area (Å²) in [4.78, 5) is 15.0. The minimum Gasteiger partial charge on any atom is -0.334 e. The molecule has 3 rings (SSSR count). The van der Waals surface area contributed by atoms with Crippen molar-refractivity contribution < 1.29 is 13.2 Å². The number of hydrogen-bond acceptors (Lipinski definition) is 3. The van der Waals surface area contributed by atoms with Crippen molar-refractivity contribution in [2.45, 2.75) is 17.9 Å². The number of carbonyl (C=O) groups excluding carboxylic acids is 1. The van der Waals surface area contributed by atoms with Crippen LogP contribution in [0, 0.1) is 0 Å².